The van der Waals surface area contributed by atoms with E-state index in [2.05, 4.69) is 0 Å². The van der Waals surface area contributed by atoms with E-state index in [-0.39, 0.29) is 11.1 Å². The predicted molar refractivity (Wildman–Crippen MR) is 113 cm³/mol. The van der Waals surface area contributed by atoms with Crippen LogP contribution in [0, 0.1) is 0 Å². The van der Waals surface area contributed by atoms with E-state index in [1.807, 2.05) is 32.6 Å². The molecule has 2 atom stereocenters. The Kier molecular flexibility index (Phi) is 5.55. The molecule has 0 N–H and O–H groups in total. The minimum Gasteiger partial charge on any atom is -0.330 e. The van der Waals surface area contributed by atoms with Gasteiger partial charge in [0.25, 0.3) is 0 Å². The molecular formula is C17H19Cl2N3O3S2. The fourth-order valence-corrected chi connectivity index (χ4v) is 5.48. The Balaban J connectivity index is 2.18. The average Bonchev–Trinajstić information content (AvgIpc) is 3.00. The van der Waals surface area contributed by atoms with Crippen LogP contribution in [0.5, 0.6) is 0 Å². The van der Waals surface area contributed by atoms with Gasteiger partial charge >= 0.3 is 11.4 Å². The van der Waals surface area contributed by atoms with Gasteiger partial charge in [0, 0.05) is 6.04 Å². The van der Waals surface area contributed by atoms with Gasteiger partial charge in [0.2, 0.25) is 0 Å². The highest BCUT2D eigenvalue weighted by Crippen LogP contribution is 2.48. The van der Waals surface area contributed by atoms with E-state index in [0.717, 1.165) is 15.7 Å². The second kappa shape index (κ2) is 7.31. The maximum absolute atomic E-state index is 13.1. The molecule has 0 bridgehead atoms. The molecular weight excluding hydrogens is 429 g/mol. The largest absolute Gasteiger partial charge is 0.447 e. The number of hydrogen-bond acceptors (Lipinski definition) is 5. The van der Waals surface area contributed by atoms with Gasteiger partial charge in [-0.1, -0.05) is 54.1 Å². The first-order valence-corrected chi connectivity index (χ1v) is 10.4. The SMILES string of the molecule is CC[C@@H](C)N1C(=S)SC(C)(C)[C@@H]1n1oc(=O)n(-c2ccc(Cl)c(Cl)c2)c1=O. The zero-order valence-electron chi connectivity index (χ0n) is 15.2. The molecule has 1 saturated heterocycles. The summed E-state index contributed by atoms with van der Waals surface area (Å²) in [5, 5.41) is 0.575. The first-order chi connectivity index (χ1) is 12.6. The quantitative estimate of drug-likeness (QED) is 0.650. The first kappa shape index (κ1) is 20.5. The molecule has 1 aromatic carbocycles. The third-order valence-electron chi connectivity index (χ3n) is 4.63. The number of rotatable bonds is 4. The van der Waals surface area contributed by atoms with Crippen LogP contribution >= 0.6 is 47.2 Å². The molecule has 0 amide bonds. The van der Waals surface area contributed by atoms with Crippen molar-refractivity contribution in [3.63, 3.8) is 0 Å². The van der Waals surface area contributed by atoms with Crippen LogP contribution in [-0.2, 0) is 0 Å². The lowest BCUT2D eigenvalue weighted by Crippen LogP contribution is -2.45. The molecule has 1 aromatic heterocycles. The molecule has 0 aliphatic carbocycles. The first-order valence-electron chi connectivity index (χ1n) is 8.40. The van der Waals surface area contributed by atoms with Gasteiger partial charge in [0.05, 0.1) is 20.5 Å². The molecule has 27 heavy (non-hydrogen) atoms. The van der Waals surface area contributed by atoms with E-state index in [1.54, 1.807) is 6.07 Å². The zero-order chi connectivity index (χ0) is 20.1. The normalized spacial score (nSPS) is 20.3. The summed E-state index contributed by atoms with van der Waals surface area (Å²) in [6.07, 6.45) is 0.314. The fraction of sp³-hybridized carbons (Fsp3) is 0.471. The van der Waals surface area contributed by atoms with E-state index in [9.17, 15) is 9.59 Å². The third kappa shape index (κ3) is 3.48. The van der Waals surface area contributed by atoms with Crippen molar-refractivity contribution in [3.8, 4) is 5.69 Å². The van der Waals surface area contributed by atoms with Crippen molar-refractivity contribution in [3.05, 3.63) is 49.3 Å². The van der Waals surface area contributed by atoms with Crippen molar-refractivity contribution >= 4 is 51.5 Å². The van der Waals surface area contributed by atoms with Gasteiger partial charge in [-0.05, 0) is 45.4 Å². The molecule has 1 fully saturated rings. The maximum atomic E-state index is 13.1. The summed E-state index contributed by atoms with van der Waals surface area (Å²) in [5.41, 5.74) is -0.293. The van der Waals surface area contributed by atoms with E-state index in [1.165, 1.54) is 23.9 Å². The topological polar surface area (TPSA) is 60.4 Å². The van der Waals surface area contributed by atoms with E-state index in [4.69, 9.17) is 39.9 Å². The van der Waals surface area contributed by atoms with Gasteiger partial charge in [-0.15, -0.1) is 4.74 Å². The summed E-state index contributed by atoms with van der Waals surface area (Å²) in [7, 11) is 0. The van der Waals surface area contributed by atoms with Crippen LogP contribution in [0.4, 0.5) is 0 Å². The summed E-state index contributed by atoms with van der Waals surface area (Å²) in [6.45, 7) is 8.01. The Morgan fingerprint density at radius 2 is 1.96 bits per heavy atom. The van der Waals surface area contributed by atoms with Crippen molar-refractivity contribution in [2.45, 2.75) is 51.1 Å². The van der Waals surface area contributed by atoms with E-state index < -0.39 is 22.4 Å². The van der Waals surface area contributed by atoms with Crippen molar-refractivity contribution in [1.29, 1.82) is 0 Å². The van der Waals surface area contributed by atoms with Crippen LogP contribution < -0.4 is 11.4 Å². The van der Waals surface area contributed by atoms with Gasteiger partial charge in [0.15, 0.2) is 6.17 Å². The summed E-state index contributed by atoms with van der Waals surface area (Å²) >= 11 is 19.0. The zero-order valence-corrected chi connectivity index (χ0v) is 18.4. The summed E-state index contributed by atoms with van der Waals surface area (Å²) in [6, 6.07) is 4.61. The van der Waals surface area contributed by atoms with Crippen LogP contribution in [0.25, 0.3) is 5.69 Å². The molecule has 0 saturated carbocycles. The number of aromatic nitrogens is 2. The highest BCUT2D eigenvalue weighted by atomic mass is 35.5. The highest BCUT2D eigenvalue weighted by Gasteiger charge is 2.49. The predicted octanol–water partition coefficient (Wildman–Crippen LogP) is 4.31. The summed E-state index contributed by atoms with van der Waals surface area (Å²) in [4.78, 5) is 27.6. The fourth-order valence-electron chi connectivity index (χ4n) is 3.11. The van der Waals surface area contributed by atoms with Crippen LogP contribution in [0.2, 0.25) is 10.0 Å². The third-order valence-corrected chi connectivity index (χ3v) is 6.96. The Labute approximate surface area is 176 Å². The smallest absolute Gasteiger partial charge is 0.330 e. The number of benzene rings is 1. The molecule has 2 heterocycles. The van der Waals surface area contributed by atoms with Crippen molar-refractivity contribution < 1.29 is 4.52 Å². The second-order valence-corrected chi connectivity index (χ2v) is 10.0. The molecule has 10 heteroatoms. The summed E-state index contributed by atoms with van der Waals surface area (Å²) in [5.74, 6) is -0.791. The Hall–Kier alpha value is -1.22. The molecule has 0 spiro atoms. The molecule has 1 aliphatic rings. The maximum Gasteiger partial charge on any atom is 0.447 e. The monoisotopic (exact) mass is 447 g/mol. The van der Waals surface area contributed by atoms with Crippen LogP contribution in [0.3, 0.4) is 0 Å². The standard InChI is InChI=1S/C17H19Cl2N3O3S2/c1-5-9(2)20-13(17(3,4)27-16(20)26)22-14(23)21(15(24)25-22)10-6-7-11(18)12(19)8-10/h6-9,13H,5H2,1-4H3/t9-,13+/m1/s1. The van der Waals surface area contributed by atoms with Gasteiger partial charge in [-0.3, -0.25) is 0 Å². The number of thiocarbonyl (C=S) groups is 1. The molecule has 3 rings (SSSR count). The molecule has 0 radical (unpaired) electrons. The lowest BCUT2D eigenvalue weighted by molar-refractivity contribution is 0.0694. The van der Waals surface area contributed by atoms with E-state index >= 15 is 0 Å². The lowest BCUT2D eigenvalue weighted by atomic mass is 10.1. The molecule has 6 nitrogen and oxygen atoms in total. The molecule has 2 aromatic rings. The summed E-state index contributed by atoms with van der Waals surface area (Å²) < 4.78 is 7.66. The Morgan fingerprint density at radius 3 is 2.56 bits per heavy atom. The van der Waals surface area contributed by atoms with Crippen molar-refractivity contribution in [2.75, 3.05) is 0 Å². The van der Waals surface area contributed by atoms with Gasteiger partial charge in [-0.25, -0.2) is 9.59 Å². The van der Waals surface area contributed by atoms with Crippen molar-refractivity contribution in [2.24, 2.45) is 0 Å². The van der Waals surface area contributed by atoms with Crippen LogP contribution in [0.1, 0.15) is 40.3 Å². The molecule has 0 unspecified atom stereocenters. The van der Waals surface area contributed by atoms with Gasteiger partial charge in [-0.2, -0.15) is 4.57 Å². The van der Waals surface area contributed by atoms with Gasteiger partial charge < -0.3 is 9.42 Å². The minimum atomic E-state index is -0.791. The second-order valence-electron chi connectivity index (χ2n) is 6.91. The lowest BCUT2D eigenvalue weighted by Gasteiger charge is -2.34. The average molecular weight is 448 g/mol. The Morgan fingerprint density at radius 1 is 1.30 bits per heavy atom. The van der Waals surface area contributed by atoms with Crippen LogP contribution in [-0.4, -0.2) is 29.3 Å². The van der Waals surface area contributed by atoms with E-state index in [0.29, 0.717) is 15.0 Å². The van der Waals surface area contributed by atoms with Crippen molar-refractivity contribution in [1.82, 2.24) is 14.2 Å². The molecule has 146 valence electrons. The van der Waals surface area contributed by atoms with Gasteiger partial charge in [0.1, 0.15) is 4.32 Å². The highest BCUT2D eigenvalue weighted by molar-refractivity contribution is 8.24. The van der Waals surface area contributed by atoms with Crippen LogP contribution in [0.15, 0.2) is 32.3 Å². The Bertz CT molecular complexity index is 1010. The molecule has 1 aliphatic heterocycles. The number of hydrogen-bond donors (Lipinski definition) is 0. The minimum absolute atomic E-state index is 0.0855. The number of nitrogens with zero attached hydrogens (tertiary/aromatic N) is 3. The number of thioether (sulfide) groups is 1. The number of halogens is 2.